The number of piperazine rings is 1. The lowest BCUT2D eigenvalue weighted by molar-refractivity contribution is -0.136. The first-order valence-corrected chi connectivity index (χ1v) is 5.16. The molecule has 2 amide bonds. The van der Waals surface area contributed by atoms with Crippen LogP contribution in [-0.4, -0.2) is 36.9 Å². The summed E-state index contributed by atoms with van der Waals surface area (Å²) >= 11 is 0. The van der Waals surface area contributed by atoms with Gasteiger partial charge in [0.2, 0.25) is 11.8 Å². The number of hydrogen-bond donors (Lipinski definition) is 0. The zero-order valence-electron chi connectivity index (χ0n) is 9.38. The monoisotopic (exact) mass is 229 g/mol. The van der Waals surface area contributed by atoms with Crippen molar-refractivity contribution in [1.29, 1.82) is 5.26 Å². The molecule has 1 heterocycles. The van der Waals surface area contributed by atoms with E-state index in [0.717, 1.165) is 0 Å². The van der Waals surface area contributed by atoms with Gasteiger partial charge in [-0.3, -0.25) is 9.59 Å². The standard InChI is InChI=1S/C12H11N3O2/c1-14-7-12(17)15(8-11(14)16)10-4-2-9(6-13)3-5-10/h2-5H,7-8H2,1H3. The van der Waals surface area contributed by atoms with Crippen molar-refractivity contribution in [3.8, 4) is 6.07 Å². The summed E-state index contributed by atoms with van der Waals surface area (Å²) in [7, 11) is 1.61. The Bertz CT molecular complexity index is 501. The van der Waals surface area contributed by atoms with Crippen LogP contribution in [0.2, 0.25) is 0 Å². The summed E-state index contributed by atoms with van der Waals surface area (Å²) in [5.41, 5.74) is 1.18. The molecule has 0 bridgehead atoms. The fraction of sp³-hybridized carbons (Fsp3) is 0.250. The van der Waals surface area contributed by atoms with Crippen LogP contribution in [0.4, 0.5) is 5.69 Å². The first kappa shape index (κ1) is 11.1. The Labute approximate surface area is 98.9 Å². The van der Waals surface area contributed by atoms with E-state index in [-0.39, 0.29) is 24.9 Å². The SMILES string of the molecule is CN1CC(=O)N(c2ccc(C#N)cc2)CC1=O. The highest BCUT2D eigenvalue weighted by molar-refractivity contribution is 6.04. The molecule has 17 heavy (non-hydrogen) atoms. The second-order valence-corrected chi connectivity index (χ2v) is 3.89. The number of nitriles is 1. The van der Waals surface area contributed by atoms with Crippen molar-refractivity contribution in [3.05, 3.63) is 29.8 Å². The largest absolute Gasteiger partial charge is 0.335 e. The number of carbonyl (C=O) groups is 2. The Morgan fingerprint density at radius 2 is 1.76 bits per heavy atom. The van der Waals surface area contributed by atoms with Gasteiger partial charge in [0.25, 0.3) is 0 Å². The number of hydrogen-bond acceptors (Lipinski definition) is 3. The average Bonchev–Trinajstić information content (AvgIpc) is 2.34. The summed E-state index contributed by atoms with van der Waals surface area (Å²) < 4.78 is 0. The molecule has 0 spiro atoms. The molecule has 0 aromatic heterocycles. The van der Waals surface area contributed by atoms with Crippen LogP contribution in [0.1, 0.15) is 5.56 Å². The van der Waals surface area contributed by atoms with Gasteiger partial charge in [0.1, 0.15) is 6.54 Å². The van der Waals surface area contributed by atoms with Crippen LogP contribution in [0.15, 0.2) is 24.3 Å². The molecule has 1 aliphatic heterocycles. The molecular formula is C12H11N3O2. The van der Waals surface area contributed by atoms with Crippen molar-refractivity contribution in [2.75, 3.05) is 25.0 Å². The van der Waals surface area contributed by atoms with Crippen molar-refractivity contribution >= 4 is 17.5 Å². The van der Waals surface area contributed by atoms with Crippen LogP contribution in [0.3, 0.4) is 0 Å². The molecule has 1 aromatic rings. The molecule has 5 heteroatoms. The normalized spacial score (nSPS) is 16.0. The molecule has 86 valence electrons. The van der Waals surface area contributed by atoms with Crippen LogP contribution >= 0.6 is 0 Å². The second-order valence-electron chi connectivity index (χ2n) is 3.89. The first-order valence-electron chi connectivity index (χ1n) is 5.16. The van der Waals surface area contributed by atoms with Crippen molar-refractivity contribution in [2.24, 2.45) is 0 Å². The lowest BCUT2D eigenvalue weighted by Crippen LogP contribution is -2.52. The van der Waals surface area contributed by atoms with Gasteiger partial charge < -0.3 is 9.80 Å². The Morgan fingerprint density at radius 1 is 1.12 bits per heavy atom. The van der Waals surface area contributed by atoms with Crippen molar-refractivity contribution in [2.45, 2.75) is 0 Å². The Morgan fingerprint density at radius 3 is 2.35 bits per heavy atom. The molecule has 0 atom stereocenters. The number of benzene rings is 1. The van der Waals surface area contributed by atoms with Gasteiger partial charge in [-0.25, -0.2) is 0 Å². The number of carbonyl (C=O) groups excluding carboxylic acids is 2. The lowest BCUT2D eigenvalue weighted by Gasteiger charge is -2.31. The van der Waals surface area contributed by atoms with Crippen molar-refractivity contribution in [3.63, 3.8) is 0 Å². The molecule has 1 saturated heterocycles. The molecular weight excluding hydrogens is 218 g/mol. The fourth-order valence-electron chi connectivity index (χ4n) is 1.67. The van der Waals surface area contributed by atoms with Crippen LogP contribution < -0.4 is 4.90 Å². The van der Waals surface area contributed by atoms with E-state index < -0.39 is 0 Å². The predicted molar refractivity (Wildman–Crippen MR) is 61.1 cm³/mol. The highest BCUT2D eigenvalue weighted by Crippen LogP contribution is 2.17. The highest BCUT2D eigenvalue weighted by Gasteiger charge is 2.28. The van der Waals surface area contributed by atoms with E-state index in [1.807, 2.05) is 6.07 Å². The maximum Gasteiger partial charge on any atom is 0.247 e. The third-order valence-corrected chi connectivity index (χ3v) is 2.70. The van der Waals surface area contributed by atoms with E-state index in [4.69, 9.17) is 5.26 Å². The topological polar surface area (TPSA) is 64.4 Å². The van der Waals surface area contributed by atoms with Gasteiger partial charge in [-0.05, 0) is 24.3 Å². The second kappa shape index (κ2) is 4.26. The quantitative estimate of drug-likeness (QED) is 0.698. The lowest BCUT2D eigenvalue weighted by atomic mass is 10.2. The van der Waals surface area contributed by atoms with Gasteiger partial charge in [0, 0.05) is 12.7 Å². The van der Waals surface area contributed by atoms with Crippen molar-refractivity contribution < 1.29 is 9.59 Å². The summed E-state index contributed by atoms with van der Waals surface area (Å²) in [4.78, 5) is 26.1. The minimum Gasteiger partial charge on any atom is -0.335 e. The Hall–Kier alpha value is -2.35. The summed E-state index contributed by atoms with van der Waals surface area (Å²) in [6.07, 6.45) is 0. The molecule has 0 aliphatic carbocycles. The first-order chi connectivity index (χ1) is 8.11. The summed E-state index contributed by atoms with van der Waals surface area (Å²) in [6.45, 7) is 0.153. The van der Waals surface area contributed by atoms with E-state index in [9.17, 15) is 9.59 Å². The molecule has 1 aliphatic rings. The smallest absolute Gasteiger partial charge is 0.247 e. The van der Waals surface area contributed by atoms with Gasteiger partial charge in [-0.1, -0.05) is 0 Å². The Kier molecular flexibility index (Phi) is 2.79. The van der Waals surface area contributed by atoms with E-state index in [1.165, 1.54) is 9.80 Å². The molecule has 0 N–H and O–H groups in total. The predicted octanol–water partition coefficient (Wildman–Crippen LogP) is 0.363. The maximum atomic E-state index is 11.8. The number of anilines is 1. The molecule has 0 radical (unpaired) electrons. The van der Waals surface area contributed by atoms with E-state index in [0.29, 0.717) is 11.3 Å². The summed E-state index contributed by atoms with van der Waals surface area (Å²) in [5, 5.41) is 8.68. The number of amides is 2. The van der Waals surface area contributed by atoms with Crippen LogP contribution in [0, 0.1) is 11.3 Å². The molecule has 1 fully saturated rings. The van der Waals surface area contributed by atoms with Crippen LogP contribution in [-0.2, 0) is 9.59 Å². The molecule has 0 saturated carbocycles. The number of nitrogens with zero attached hydrogens (tertiary/aromatic N) is 3. The Balaban J connectivity index is 2.24. The van der Waals surface area contributed by atoms with E-state index in [2.05, 4.69) is 0 Å². The zero-order chi connectivity index (χ0) is 12.4. The average molecular weight is 229 g/mol. The van der Waals surface area contributed by atoms with Crippen LogP contribution in [0.25, 0.3) is 0 Å². The van der Waals surface area contributed by atoms with Crippen molar-refractivity contribution in [1.82, 2.24) is 4.90 Å². The molecule has 2 rings (SSSR count). The van der Waals surface area contributed by atoms with E-state index >= 15 is 0 Å². The third-order valence-electron chi connectivity index (χ3n) is 2.70. The highest BCUT2D eigenvalue weighted by atomic mass is 16.2. The van der Waals surface area contributed by atoms with Gasteiger partial charge in [-0.2, -0.15) is 5.26 Å². The number of likely N-dealkylation sites (N-methyl/N-ethyl adjacent to an activating group) is 1. The summed E-state index contributed by atoms with van der Waals surface area (Å²) in [6, 6.07) is 8.62. The van der Waals surface area contributed by atoms with Gasteiger partial charge in [-0.15, -0.1) is 0 Å². The van der Waals surface area contributed by atoms with Gasteiger partial charge in [0.05, 0.1) is 18.2 Å². The summed E-state index contributed by atoms with van der Waals surface area (Å²) in [5.74, 6) is -0.203. The minimum absolute atomic E-state index is 0.0568. The molecule has 5 nitrogen and oxygen atoms in total. The number of rotatable bonds is 1. The third kappa shape index (κ3) is 2.11. The minimum atomic E-state index is -0.114. The maximum absolute atomic E-state index is 11.8. The fourth-order valence-corrected chi connectivity index (χ4v) is 1.67. The van der Waals surface area contributed by atoms with Gasteiger partial charge in [0.15, 0.2) is 0 Å². The van der Waals surface area contributed by atoms with E-state index in [1.54, 1.807) is 31.3 Å². The molecule has 0 unspecified atom stereocenters. The van der Waals surface area contributed by atoms with Gasteiger partial charge >= 0.3 is 0 Å². The molecule has 1 aromatic carbocycles. The zero-order valence-corrected chi connectivity index (χ0v) is 9.38. The van der Waals surface area contributed by atoms with Crippen LogP contribution in [0.5, 0.6) is 0 Å².